The van der Waals surface area contributed by atoms with Crippen LogP contribution in [0.5, 0.6) is 0 Å². The lowest BCUT2D eigenvalue weighted by Gasteiger charge is -2.18. The van der Waals surface area contributed by atoms with Gasteiger partial charge in [-0.05, 0) is 122 Å². The number of rotatable bonds is 52. The third kappa shape index (κ3) is 56.7. The van der Waals surface area contributed by atoms with E-state index in [1.54, 1.807) is 0 Å². The molecular weight excluding hydrogens is 889 g/mol. The Kier molecular flexibility index (Phi) is 55.9. The summed E-state index contributed by atoms with van der Waals surface area (Å²) in [6, 6.07) is 0. The molecule has 0 rings (SSSR count). The number of unbranched alkanes of at least 4 members (excludes halogenated alkanes) is 21. The maximum absolute atomic E-state index is 12.9. The zero-order valence-corrected chi connectivity index (χ0v) is 46.7. The SMILES string of the molecule is CC/C=C\C/C=C\C/C=C\C/C=C\C/C=C\CCCC(=O)OCC(COC(=O)CCCCCCCC/C=C\C/C=C\C/C=C\C/C=C\CC)OC(=O)CCCCCCCCC/C=C\CCCCCCCCC. The Morgan fingerprint density at radius 3 is 0.917 bits per heavy atom. The number of ether oxygens (including phenoxy) is 3. The van der Waals surface area contributed by atoms with Crippen molar-refractivity contribution < 1.29 is 28.6 Å². The molecule has 0 aliphatic heterocycles. The van der Waals surface area contributed by atoms with Crippen molar-refractivity contribution >= 4 is 17.9 Å². The van der Waals surface area contributed by atoms with Gasteiger partial charge in [-0.2, -0.15) is 0 Å². The Labute approximate surface area is 443 Å². The first-order valence-electron chi connectivity index (χ1n) is 29.5. The summed E-state index contributed by atoms with van der Waals surface area (Å²) in [5.41, 5.74) is 0. The van der Waals surface area contributed by atoms with E-state index in [1.807, 2.05) is 0 Å². The van der Waals surface area contributed by atoms with Crippen LogP contribution in [0.2, 0.25) is 0 Å². The molecule has 0 bridgehead atoms. The van der Waals surface area contributed by atoms with Crippen molar-refractivity contribution in [2.45, 2.75) is 264 Å². The van der Waals surface area contributed by atoms with Crippen molar-refractivity contribution in [3.8, 4) is 0 Å². The number of hydrogen-bond acceptors (Lipinski definition) is 6. The Morgan fingerprint density at radius 2 is 0.556 bits per heavy atom. The van der Waals surface area contributed by atoms with Crippen LogP contribution in [0.25, 0.3) is 0 Å². The van der Waals surface area contributed by atoms with Crippen molar-refractivity contribution in [1.82, 2.24) is 0 Å². The molecule has 0 aromatic rings. The second-order valence-electron chi connectivity index (χ2n) is 19.1. The average Bonchev–Trinajstić information content (AvgIpc) is 3.38. The first kappa shape index (κ1) is 67.8. The van der Waals surface area contributed by atoms with Crippen molar-refractivity contribution in [3.05, 3.63) is 122 Å². The normalized spacial score (nSPS) is 13.0. The molecule has 0 saturated heterocycles. The van der Waals surface area contributed by atoms with Crippen LogP contribution in [-0.4, -0.2) is 37.2 Å². The highest BCUT2D eigenvalue weighted by Crippen LogP contribution is 2.14. The van der Waals surface area contributed by atoms with Gasteiger partial charge in [0.15, 0.2) is 6.10 Å². The van der Waals surface area contributed by atoms with Crippen molar-refractivity contribution in [1.29, 1.82) is 0 Å². The molecule has 0 fully saturated rings. The minimum Gasteiger partial charge on any atom is -0.462 e. The van der Waals surface area contributed by atoms with E-state index in [-0.39, 0.29) is 37.5 Å². The summed E-state index contributed by atoms with van der Waals surface area (Å²) < 4.78 is 16.8. The van der Waals surface area contributed by atoms with E-state index in [2.05, 4.69) is 142 Å². The van der Waals surface area contributed by atoms with Gasteiger partial charge in [-0.3, -0.25) is 14.4 Å². The van der Waals surface area contributed by atoms with E-state index in [4.69, 9.17) is 14.2 Å². The summed E-state index contributed by atoms with van der Waals surface area (Å²) in [6.45, 7) is 6.35. The highest BCUT2D eigenvalue weighted by atomic mass is 16.6. The monoisotopic (exact) mass is 997 g/mol. The molecule has 0 amide bonds. The molecule has 6 heteroatoms. The molecule has 408 valence electrons. The van der Waals surface area contributed by atoms with E-state index >= 15 is 0 Å². The molecule has 0 radical (unpaired) electrons. The number of carbonyl (C=O) groups is 3. The molecule has 0 heterocycles. The van der Waals surface area contributed by atoms with Crippen molar-refractivity contribution in [2.24, 2.45) is 0 Å². The largest absolute Gasteiger partial charge is 0.462 e. The van der Waals surface area contributed by atoms with Crippen LogP contribution >= 0.6 is 0 Å². The summed E-state index contributed by atoms with van der Waals surface area (Å²) in [7, 11) is 0. The lowest BCUT2D eigenvalue weighted by molar-refractivity contribution is -0.167. The summed E-state index contributed by atoms with van der Waals surface area (Å²) in [4.78, 5) is 38.2. The first-order valence-corrected chi connectivity index (χ1v) is 29.5. The molecule has 1 unspecified atom stereocenters. The molecule has 0 spiro atoms. The van der Waals surface area contributed by atoms with E-state index in [9.17, 15) is 14.4 Å². The van der Waals surface area contributed by atoms with Gasteiger partial charge in [0, 0.05) is 19.3 Å². The Bertz CT molecular complexity index is 1520. The molecule has 0 aromatic carbocycles. The number of allylic oxidation sites excluding steroid dienone is 20. The van der Waals surface area contributed by atoms with Gasteiger partial charge < -0.3 is 14.2 Å². The van der Waals surface area contributed by atoms with Crippen molar-refractivity contribution in [3.63, 3.8) is 0 Å². The maximum Gasteiger partial charge on any atom is 0.306 e. The van der Waals surface area contributed by atoms with E-state index in [0.29, 0.717) is 19.3 Å². The van der Waals surface area contributed by atoms with Crippen molar-refractivity contribution in [2.75, 3.05) is 13.2 Å². The topological polar surface area (TPSA) is 78.9 Å². The highest BCUT2D eigenvalue weighted by Gasteiger charge is 2.19. The summed E-state index contributed by atoms with van der Waals surface area (Å²) in [5, 5.41) is 0. The van der Waals surface area contributed by atoms with Gasteiger partial charge in [0.1, 0.15) is 13.2 Å². The van der Waals surface area contributed by atoms with Crippen LogP contribution in [0, 0.1) is 0 Å². The fourth-order valence-corrected chi connectivity index (χ4v) is 7.82. The molecule has 0 aliphatic carbocycles. The molecule has 0 saturated carbocycles. The fourth-order valence-electron chi connectivity index (χ4n) is 7.82. The van der Waals surface area contributed by atoms with Gasteiger partial charge in [-0.25, -0.2) is 0 Å². The minimum atomic E-state index is -0.814. The molecule has 0 aliphatic rings. The van der Waals surface area contributed by atoms with E-state index in [0.717, 1.165) is 116 Å². The van der Waals surface area contributed by atoms with Gasteiger partial charge in [0.05, 0.1) is 0 Å². The average molecular weight is 998 g/mol. The van der Waals surface area contributed by atoms with Crippen LogP contribution in [0.1, 0.15) is 258 Å². The number of carbonyl (C=O) groups excluding carboxylic acids is 3. The third-order valence-corrected chi connectivity index (χ3v) is 12.2. The van der Waals surface area contributed by atoms with Crippen LogP contribution < -0.4 is 0 Å². The fraction of sp³-hybridized carbons (Fsp3) is 0.652. The Balaban J connectivity index is 4.51. The standard InChI is InChI=1S/C66H108O6/c1-4-7-10-13-16-19-22-25-28-31-33-36-38-41-44-47-50-53-56-59-65(68)71-62-63(61-70-64(67)58-55-52-49-46-43-40-37-34-30-27-24-21-18-15-12-9-6-3)72-66(69)60-57-54-51-48-45-42-39-35-32-29-26-23-20-17-14-11-8-5-2/h7,9-10,12,16,18-19,21,25,27-30,32-33,36-37,40,46,49,63H,4-6,8,11,13-15,17,20,22-24,26,31,34-35,38-39,41-45,47-48,50-62H2,1-3H3/b10-7-,12-9-,19-16-,21-18-,28-25-,30-27-,32-29-,36-33-,40-37-,49-46-. The summed E-state index contributed by atoms with van der Waals surface area (Å²) in [6.07, 6.45) is 81.9. The number of esters is 3. The maximum atomic E-state index is 12.9. The lowest BCUT2D eigenvalue weighted by atomic mass is 10.1. The second-order valence-corrected chi connectivity index (χ2v) is 19.1. The van der Waals surface area contributed by atoms with E-state index < -0.39 is 6.10 Å². The van der Waals surface area contributed by atoms with Gasteiger partial charge in [0.2, 0.25) is 0 Å². The summed E-state index contributed by atoms with van der Waals surface area (Å²) in [5.74, 6) is -0.984. The zero-order valence-electron chi connectivity index (χ0n) is 46.7. The number of hydrogen-bond donors (Lipinski definition) is 0. The summed E-state index contributed by atoms with van der Waals surface area (Å²) >= 11 is 0. The van der Waals surface area contributed by atoms with Gasteiger partial charge in [0.25, 0.3) is 0 Å². The lowest BCUT2D eigenvalue weighted by Crippen LogP contribution is -2.30. The van der Waals surface area contributed by atoms with Gasteiger partial charge in [-0.15, -0.1) is 0 Å². The van der Waals surface area contributed by atoms with E-state index in [1.165, 1.54) is 96.3 Å². The van der Waals surface area contributed by atoms with Crippen LogP contribution in [0.3, 0.4) is 0 Å². The quantitative estimate of drug-likeness (QED) is 0.0261. The van der Waals surface area contributed by atoms with Crippen LogP contribution in [0.15, 0.2) is 122 Å². The second kappa shape index (κ2) is 59.4. The predicted molar refractivity (Wildman–Crippen MR) is 311 cm³/mol. The molecular formula is C66H108O6. The predicted octanol–water partition coefficient (Wildman–Crippen LogP) is 20.0. The minimum absolute atomic E-state index is 0.108. The van der Waals surface area contributed by atoms with Gasteiger partial charge >= 0.3 is 17.9 Å². The molecule has 6 nitrogen and oxygen atoms in total. The Morgan fingerprint density at radius 1 is 0.292 bits per heavy atom. The molecule has 72 heavy (non-hydrogen) atoms. The van der Waals surface area contributed by atoms with Crippen LogP contribution in [0.4, 0.5) is 0 Å². The smallest absolute Gasteiger partial charge is 0.306 e. The Hall–Kier alpha value is -4.19. The molecule has 0 N–H and O–H groups in total. The van der Waals surface area contributed by atoms with Gasteiger partial charge in [-0.1, -0.05) is 239 Å². The molecule has 1 atom stereocenters. The van der Waals surface area contributed by atoms with Crippen LogP contribution in [-0.2, 0) is 28.6 Å². The zero-order chi connectivity index (χ0) is 52.2. The highest BCUT2D eigenvalue weighted by molar-refractivity contribution is 5.71. The molecule has 0 aromatic heterocycles. The third-order valence-electron chi connectivity index (χ3n) is 12.2. The first-order chi connectivity index (χ1) is 35.5.